The summed E-state index contributed by atoms with van der Waals surface area (Å²) in [4.78, 5) is 16.2. The molecule has 0 unspecified atom stereocenters. The van der Waals surface area contributed by atoms with Crippen LogP contribution in [0.5, 0.6) is 0 Å². The van der Waals surface area contributed by atoms with Gasteiger partial charge in [-0.05, 0) is 0 Å². The zero-order valence-corrected chi connectivity index (χ0v) is 42.8. The normalized spacial score (nSPS) is 12.0. The van der Waals surface area contributed by atoms with E-state index in [-0.39, 0.29) is 0 Å². The van der Waals surface area contributed by atoms with E-state index < -0.39 is 47.6 Å². The van der Waals surface area contributed by atoms with Gasteiger partial charge in [-0.1, -0.05) is 0 Å². The van der Waals surface area contributed by atoms with Gasteiger partial charge in [0.15, 0.2) is 0 Å². The molecule has 0 aliphatic rings. The van der Waals surface area contributed by atoms with Gasteiger partial charge in [0.05, 0.1) is 0 Å². The monoisotopic (exact) mass is 1240 g/mol. The van der Waals surface area contributed by atoms with E-state index in [2.05, 4.69) is 255 Å². The van der Waals surface area contributed by atoms with Crippen molar-refractivity contribution in [3.63, 3.8) is 0 Å². The summed E-state index contributed by atoms with van der Waals surface area (Å²) in [5.41, 5.74) is 0. The van der Waals surface area contributed by atoms with Gasteiger partial charge in [-0.2, -0.15) is 0 Å². The fourth-order valence-corrected chi connectivity index (χ4v) is 36.2. The van der Waals surface area contributed by atoms with Crippen LogP contribution in [0.4, 0.5) is 4.79 Å². The number of carbonyl (C=O) groups is 1. The van der Waals surface area contributed by atoms with E-state index >= 15 is 4.79 Å². The van der Waals surface area contributed by atoms with Crippen molar-refractivity contribution >= 4 is 132 Å². The Bertz CT molecular complexity index is 3210. The molecule has 3 nitrogen and oxygen atoms in total. The fraction of sp³-hybridized carbons (Fsp3) is 0. The van der Waals surface area contributed by atoms with E-state index in [1.54, 1.807) is 0 Å². The number of hydrogen-bond donors (Lipinski definition) is 0. The summed E-state index contributed by atoms with van der Waals surface area (Å²) in [5, 5.41) is 13.3. The van der Waals surface area contributed by atoms with Crippen molar-refractivity contribution in [2.24, 2.45) is 0 Å². The van der Waals surface area contributed by atoms with E-state index in [0.29, 0.717) is 0 Å². The topological polar surface area (TPSA) is 35.5 Å². The summed E-state index contributed by atoms with van der Waals surface area (Å²) in [5.74, 6) is 0. The maximum atomic E-state index is 16.2. The molecule has 0 amide bonds. The maximum absolute atomic E-state index is 16.2. The summed E-state index contributed by atoms with van der Waals surface area (Å²) in [6.45, 7) is 0. The minimum absolute atomic E-state index is 0.643. The van der Waals surface area contributed by atoms with Gasteiger partial charge in [0.25, 0.3) is 0 Å². The van der Waals surface area contributed by atoms with Gasteiger partial charge < -0.3 is 0 Å². The molecule has 0 spiro atoms. The van der Waals surface area contributed by atoms with E-state index in [9.17, 15) is 0 Å². The van der Waals surface area contributed by atoms with Gasteiger partial charge in [-0.25, -0.2) is 0 Å². The van der Waals surface area contributed by atoms with Gasteiger partial charge in [0, 0.05) is 0 Å². The summed E-state index contributed by atoms with van der Waals surface area (Å²) in [6, 6.07) is 90.4. The van der Waals surface area contributed by atoms with E-state index in [1.807, 2.05) is 0 Å². The van der Waals surface area contributed by atoms with Crippen LogP contribution >= 0.6 is 0 Å². The molecule has 12 aromatic rings. The SMILES string of the molecule is O=C([O][Bi]([c]1ccc2ccccc2c1)([c]1ccc2ccccc2c1)[c]1ccc2ccccc2c1)[O][Bi]([c]1ccc2ccccc2c1)([c]1ccc2ccccc2c1)[c]1ccc2ccccc2c1. The van der Waals surface area contributed by atoms with Crippen LogP contribution in [0.15, 0.2) is 255 Å². The van der Waals surface area contributed by atoms with Gasteiger partial charge in [-0.15, -0.1) is 0 Å². The van der Waals surface area contributed by atoms with Crippen LogP contribution in [0.2, 0.25) is 0 Å². The molecule has 2 radical (unpaired) electrons. The summed E-state index contributed by atoms with van der Waals surface area (Å²) in [6.07, 6.45) is -0.643. The second kappa shape index (κ2) is 16.9. The first-order valence-corrected chi connectivity index (χ1v) is 35.5. The zero-order chi connectivity index (χ0) is 44.1. The molecular formula is C61H42Bi2O3. The summed E-state index contributed by atoms with van der Waals surface area (Å²) >= 11 is -10.2. The Morgan fingerprint density at radius 1 is 0.227 bits per heavy atom. The Kier molecular flexibility index (Phi) is 10.4. The molecule has 0 saturated carbocycles. The molecule has 66 heavy (non-hydrogen) atoms. The first-order valence-electron chi connectivity index (χ1n) is 22.2. The second-order valence-corrected chi connectivity index (χ2v) is 39.8. The predicted octanol–water partition coefficient (Wildman–Crippen LogP) is 11.4. The van der Waals surface area contributed by atoms with Crippen molar-refractivity contribution < 1.29 is 10.4 Å². The third kappa shape index (κ3) is 7.14. The minimum atomic E-state index is -5.11. The van der Waals surface area contributed by atoms with Crippen LogP contribution in [0.1, 0.15) is 0 Å². The number of fused-ring (bicyclic) bond motifs is 6. The average molecular weight is 1240 g/mol. The molecule has 0 heterocycles. The Balaban J connectivity index is 1.14. The van der Waals surface area contributed by atoms with Crippen LogP contribution in [0.25, 0.3) is 64.6 Å². The zero-order valence-electron chi connectivity index (χ0n) is 35.9. The Morgan fingerprint density at radius 3 is 0.576 bits per heavy atom. The predicted molar refractivity (Wildman–Crippen MR) is 281 cm³/mol. The van der Waals surface area contributed by atoms with Gasteiger partial charge >= 0.3 is 397 Å². The van der Waals surface area contributed by atoms with Crippen molar-refractivity contribution in [3.05, 3.63) is 255 Å². The first kappa shape index (κ1) is 40.7. The summed E-state index contributed by atoms with van der Waals surface area (Å²) in [7, 11) is 0. The molecule has 0 N–H and O–H groups in total. The van der Waals surface area contributed by atoms with E-state index in [4.69, 9.17) is 5.63 Å². The molecule has 0 aromatic heterocycles. The number of hydrogen-bond acceptors (Lipinski definition) is 3. The third-order valence-electron chi connectivity index (χ3n) is 13.0. The van der Waals surface area contributed by atoms with Crippen molar-refractivity contribution in [1.82, 2.24) is 0 Å². The van der Waals surface area contributed by atoms with Crippen LogP contribution in [0.3, 0.4) is 0 Å². The van der Waals surface area contributed by atoms with Crippen LogP contribution < -0.4 is 19.6 Å². The van der Waals surface area contributed by atoms with Crippen LogP contribution in [-0.2, 0) is 5.63 Å². The fourth-order valence-electron chi connectivity index (χ4n) is 9.69. The van der Waals surface area contributed by atoms with Crippen LogP contribution in [-0.4, -0.2) is 47.6 Å². The standard InChI is InChI=1S/6C10H7.CH2O3.2Bi/c6*1-2-6-10-8-4-3-7-9(10)5-1;2-1(3)4;;/h6*1-3,5-8H;(H2,2,3,4);;/q;;;;;;;2*+1/p-2. The quantitative estimate of drug-likeness (QED) is 0.142. The Labute approximate surface area is 393 Å². The molecular weight excluding hydrogens is 1200 g/mol. The molecule has 0 atom stereocenters. The van der Waals surface area contributed by atoms with Gasteiger partial charge in [0.2, 0.25) is 0 Å². The molecule has 12 rings (SSSR count). The second-order valence-electron chi connectivity index (χ2n) is 16.8. The number of benzene rings is 12. The third-order valence-corrected chi connectivity index (χ3v) is 39.7. The van der Waals surface area contributed by atoms with E-state index in [0.717, 1.165) is 84.3 Å². The van der Waals surface area contributed by atoms with Crippen molar-refractivity contribution in [2.45, 2.75) is 0 Å². The number of rotatable bonds is 8. The number of carbonyl (C=O) groups excluding carboxylic acids is 1. The Morgan fingerprint density at radius 2 is 0.394 bits per heavy atom. The molecule has 12 aromatic carbocycles. The first-order chi connectivity index (χ1) is 32.5. The molecule has 314 valence electrons. The van der Waals surface area contributed by atoms with E-state index in [1.165, 1.54) is 0 Å². The molecule has 0 bridgehead atoms. The average Bonchev–Trinajstić information content (AvgIpc) is 3.38. The molecule has 5 heteroatoms. The van der Waals surface area contributed by atoms with Gasteiger partial charge in [-0.3, -0.25) is 0 Å². The van der Waals surface area contributed by atoms with Crippen LogP contribution in [0, 0.1) is 0 Å². The van der Waals surface area contributed by atoms with Crippen molar-refractivity contribution in [2.75, 3.05) is 0 Å². The van der Waals surface area contributed by atoms with Crippen molar-refractivity contribution in [3.8, 4) is 0 Å². The molecule has 0 aliphatic carbocycles. The summed E-state index contributed by atoms with van der Waals surface area (Å²) < 4.78 is 21.4. The molecule has 0 aliphatic heterocycles. The molecule has 0 saturated heterocycles. The molecule has 0 fully saturated rings. The van der Waals surface area contributed by atoms with Gasteiger partial charge in [0.1, 0.15) is 0 Å². The Hall–Kier alpha value is -6.76. The van der Waals surface area contributed by atoms with Crippen molar-refractivity contribution in [1.29, 1.82) is 0 Å².